The first-order valence-corrected chi connectivity index (χ1v) is 9.14. The van der Waals surface area contributed by atoms with E-state index in [1.54, 1.807) is 43.5 Å². The van der Waals surface area contributed by atoms with Crippen molar-refractivity contribution in [2.24, 2.45) is 0 Å². The monoisotopic (exact) mass is 376 g/mol. The number of hydrogen-bond acceptors (Lipinski definition) is 4. The molecule has 2 N–H and O–H groups in total. The van der Waals surface area contributed by atoms with Crippen LogP contribution in [0.4, 0.5) is 5.69 Å². The topological polar surface area (TPSA) is 59.6 Å². The highest BCUT2D eigenvalue weighted by Gasteiger charge is 2.11. The minimum Gasteiger partial charge on any atom is -0.493 e. The Morgan fingerprint density at radius 3 is 2.65 bits per heavy atom. The van der Waals surface area contributed by atoms with Gasteiger partial charge in [-0.1, -0.05) is 43.9 Å². The van der Waals surface area contributed by atoms with Crippen LogP contribution in [0.3, 0.4) is 0 Å². The van der Waals surface area contributed by atoms with Crippen molar-refractivity contribution in [3.05, 3.63) is 53.1 Å². The van der Waals surface area contributed by atoms with Crippen LogP contribution < -0.4 is 20.3 Å². The molecule has 0 saturated carbocycles. The molecule has 0 fully saturated rings. The van der Waals surface area contributed by atoms with Crippen molar-refractivity contribution in [2.75, 3.05) is 19.1 Å². The third-order valence-electron chi connectivity index (χ3n) is 3.83. The van der Waals surface area contributed by atoms with E-state index >= 15 is 0 Å². The van der Waals surface area contributed by atoms with Crippen LogP contribution in [0.5, 0.6) is 11.5 Å². The first-order valence-electron chi connectivity index (χ1n) is 8.76. The van der Waals surface area contributed by atoms with Crippen LogP contribution >= 0.6 is 11.6 Å². The van der Waals surface area contributed by atoms with Gasteiger partial charge in [0.15, 0.2) is 11.5 Å². The molecular weight excluding hydrogens is 352 g/mol. The fourth-order valence-corrected chi connectivity index (χ4v) is 2.60. The number of hydrogen-bond donors (Lipinski definition) is 2. The number of methoxy groups -OCH3 is 1. The number of halogens is 1. The maximum absolute atomic E-state index is 12.3. The summed E-state index contributed by atoms with van der Waals surface area (Å²) in [5, 5.41) is 0.589. The van der Waals surface area contributed by atoms with Crippen molar-refractivity contribution in [1.82, 2.24) is 5.43 Å². The first-order chi connectivity index (χ1) is 12.6. The summed E-state index contributed by atoms with van der Waals surface area (Å²) in [6.45, 7) is 2.81. The average molecular weight is 377 g/mol. The zero-order valence-electron chi connectivity index (χ0n) is 15.2. The zero-order valence-corrected chi connectivity index (χ0v) is 15.9. The minimum absolute atomic E-state index is 0.280. The zero-order chi connectivity index (χ0) is 18.8. The molecule has 0 aliphatic rings. The molecule has 0 aliphatic heterocycles. The lowest BCUT2D eigenvalue weighted by atomic mass is 10.2. The van der Waals surface area contributed by atoms with Gasteiger partial charge in [-0.15, -0.1) is 0 Å². The molecule has 0 heterocycles. The number of rotatable bonds is 10. The molecule has 6 heteroatoms. The number of unbranched alkanes of at least 4 members (excludes halogenated alkanes) is 3. The summed E-state index contributed by atoms with van der Waals surface area (Å²) in [6.07, 6.45) is 4.55. The van der Waals surface area contributed by atoms with E-state index in [1.165, 1.54) is 12.8 Å². The number of benzene rings is 2. The number of carbonyl (C=O) groups is 1. The first kappa shape index (κ1) is 19.9. The van der Waals surface area contributed by atoms with Gasteiger partial charge in [0.1, 0.15) is 0 Å². The standard InChI is InChI=1S/C20H25ClN2O3/c1-3-4-5-6-12-26-18-11-10-15(13-19(18)25-2)20(24)23-22-17-9-7-8-16(21)14-17/h7-11,13-14,22H,3-6,12H2,1-2H3,(H,23,24). The summed E-state index contributed by atoms with van der Waals surface area (Å²) in [7, 11) is 1.56. The summed E-state index contributed by atoms with van der Waals surface area (Å²) in [6, 6.07) is 12.2. The lowest BCUT2D eigenvalue weighted by Crippen LogP contribution is -2.29. The lowest BCUT2D eigenvalue weighted by Gasteiger charge is -2.13. The smallest absolute Gasteiger partial charge is 0.269 e. The summed E-state index contributed by atoms with van der Waals surface area (Å²) in [4.78, 5) is 12.3. The molecule has 0 bridgehead atoms. The fraction of sp³-hybridized carbons (Fsp3) is 0.350. The van der Waals surface area contributed by atoms with Gasteiger partial charge < -0.3 is 9.47 Å². The number of amides is 1. The van der Waals surface area contributed by atoms with Crippen LogP contribution in [-0.2, 0) is 0 Å². The number of hydrazine groups is 1. The van der Waals surface area contributed by atoms with Gasteiger partial charge in [-0.05, 0) is 42.8 Å². The molecule has 0 saturated heterocycles. The van der Waals surface area contributed by atoms with E-state index in [0.29, 0.717) is 34.4 Å². The van der Waals surface area contributed by atoms with Gasteiger partial charge in [0.05, 0.1) is 19.4 Å². The highest BCUT2D eigenvalue weighted by Crippen LogP contribution is 2.28. The number of anilines is 1. The van der Waals surface area contributed by atoms with Crippen LogP contribution in [0.1, 0.15) is 43.0 Å². The molecule has 2 aromatic rings. The molecular formula is C20H25ClN2O3. The van der Waals surface area contributed by atoms with Crippen molar-refractivity contribution >= 4 is 23.2 Å². The van der Waals surface area contributed by atoms with Crippen molar-refractivity contribution < 1.29 is 14.3 Å². The van der Waals surface area contributed by atoms with Gasteiger partial charge in [-0.2, -0.15) is 0 Å². The van der Waals surface area contributed by atoms with Gasteiger partial charge in [-0.25, -0.2) is 0 Å². The van der Waals surface area contributed by atoms with Gasteiger partial charge in [0.2, 0.25) is 0 Å². The van der Waals surface area contributed by atoms with E-state index in [-0.39, 0.29) is 5.91 Å². The summed E-state index contributed by atoms with van der Waals surface area (Å²) in [5.41, 5.74) is 6.64. The maximum Gasteiger partial charge on any atom is 0.269 e. The second kappa shape index (κ2) is 10.6. The second-order valence-corrected chi connectivity index (χ2v) is 6.30. The Morgan fingerprint density at radius 2 is 1.92 bits per heavy atom. The molecule has 26 heavy (non-hydrogen) atoms. The molecule has 2 aromatic carbocycles. The van der Waals surface area contributed by atoms with E-state index < -0.39 is 0 Å². The average Bonchev–Trinajstić information content (AvgIpc) is 2.66. The van der Waals surface area contributed by atoms with Gasteiger partial charge in [0, 0.05) is 10.6 Å². The van der Waals surface area contributed by atoms with E-state index in [4.69, 9.17) is 21.1 Å². The molecule has 1 amide bonds. The Kier molecular flexibility index (Phi) is 8.09. The quantitative estimate of drug-likeness (QED) is 0.449. The Balaban J connectivity index is 1.93. The Bertz CT molecular complexity index is 722. The highest BCUT2D eigenvalue weighted by molar-refractivity contribution is 6.30. The number of ether oxygens (including phenoxy) is 2. The molecule has 0 radical (unpaired) electrons. The predicted octanol–water partition coefficient (Wildman–Crippen LogP) is 5.06. The maximum atomic E-state index is 12.3. The lowest BCUT2D eigenvalue weighted by molar-refractivity contribution is 0.0962. The van der Waals surface area contributed by atoms with E-state index in [2.05, 4.69) is 17.8 Å². The van der Waals surface area contributed by atoms with Crippen LogP contribution in [0.25, 0.3) is 0 Å². The molecule has 0 aromatic heterocycles. The molecule has 0 atom stereocenters. The van der Waals surface area contributed by atoms with Crippen molar-refractivity contribution in [3.63, 3.8) is 0 Å². The van der Waals surface area contributed by atoms with Crippen molar-refractivity contribution in [3.8, 4) is 11.5 Å². The summed E-state index contributed by atoms with van der Waals surface area (Å²) >= 11 is 5.92. The molecule has 5 nitrogen and oxygen atoms in total. The van der Waals surface area contributed by atoms with Gasteiger partial charge >= 0.3 is 0 Å². The summed E-state index contributed by atoms with van der Waals surface area (Å²) < 4.78 is 11.1. The normalized spacial score (nSPS) is 10.3. The minimum atomic E-state index is -0.280. The fourth-order valence-electron chi connectivity index (χ4n) is 2.41. The highest BCUT2D eigenvalue weighted by atomic mass is 35.5. The van der Waals surface area contributed by atoms with Gasteiger partial charge in [0.25, 0.3) is 5.91 Å². The molecule has 0 spiro atoms. The van der Waals surface area contributed by atoms with Crippen LogP contribution in [0.2, 0.25) is 5.02 Å². The number of carbonyl (C=O) groups excluding carboxylic acids is 1. The third-order valence-corrected chi connectivity index (χ3v) is 4.06. The van der Waals surface area contributed by atoms with Crippen molar-refractivity contribution in [2.45, 2.75) is 32.6 Å². The summed E-state index contributed by atoms with van der Waals surface area (Å²) in [5.74, 6) is 0.900. The molecule has 0 aliphatic carbocycles. The van der Waals surface area contributed by atoms with E-state index in [0.717, 1.165) is 12.8 Å². The van der Waals surface area contributed by atoms with Crippen LogP contribution in [-0.4, -0.2) is 19.6 Å². The Hall–Kier alpha value is -2.40. The van der Waals surface area contributed by atoms with E-state index in [9.17, 15) is 4.79 Å². The molecule has 140 valence electrons. The molecule has 0 unspecified atom stereocenters. The number of nitrogens with one attached hydrogen (secondary N) is 2. The van der Waals surface area contributed by atoms with Crippen LogP contribution in [0.15, 0.2) is 42.5 Å². The second-order valence-electron chi connectivity index (χ2n) is 5.86. The van der Waals surface area contributed by atoms with Crippen LogP contribution in [0, 0.1) is 0 Å². The Labute approximate surface area is 159 Å². The predicted molar refractivity (Wildman–Crippen MR) is 105 cm³/mol. The van der Waals surface area contributed by atoms with Crippen molar-refractivity contribution in [1.29, 1.82) is 0 Å². The Morgan fingerprint density at radius 1 is 1.08 bits per heavy atom. The largest absolute Gasteiger partial charge is 0.493 e. The third kappa shape index (κ3) is 6.15. The molecule has 2 rings (SSSR count). The van der Waals surface area contributed by atoms with Gasteiger partial charge in [-0.3, -0.25) is 15.6 Å². The van der Waals surface area contributed by atoms with E-state index in [1.807, 2.05) is 6.07 Å². The SMILES string of the molecule is CCCCCCOc1ccc(C(=O)NNc2cccc(Cl)c2)cc1OC.